The van der Waals surface area contributed by atoms with Gasteiger partial charge in [0, 0.05) is 15.6 Å². The molecule has 0 bridgehead atoms. The monoisotopic (exact) mass is 488 g/mol. The molecule has 0 fully saturated rings. The smallest absolute Gasteiger partial charge is 0.251 e. The minimum Gasteiger partial charge on any atom is -0.497 e. The van der Waals surface area contributed by atoms with Crippen molar-refractivity contribution in [3.05, 3.63) is 58.6 Å². The number of carbonyl (C=O) groups excluding carboxylic acids is 2. The molecule has 30 heavy (non-hydrogen) atoms. The molecular weight excluding hydrogens is 468 g/mol. The van der Waals surface area contributed by atoms with Crippen LogP contribution in [0.4, 0.5) is 5.13 Å². The van der Waals surface area contributed by atoms with Gasteiger partial charge in [-0.1, -0.05) is 41.1 Å². The molecular formula is C21H21BrN4O3S. The first-order valence-corrected chi connectivity index (χ1v) is 10.8. The Labute approximate surface area is 187 Å². The molecule has 9 heteroatoms. The highest BCUT2D eigenvalue weighted by Gasteiger charge is 2.25. The van der Waals surface area contributed by atoms with E-state index in [1.165, 1.54) is 11.3 Å². The van der Waals surface area contributed by atoms with Crippen LogP contribution in [-0.2, 0) is 4.79 Å². The molecule has 1 aromatic heterocycles. The molecule has 0 saturated heterocycles. The van der Waals surface area contributed by atoms with Crippen molar-refractivity contribution in [2.24, 2.45) is 5.92 Å². The predicted molar refractivity (Wildman–Crippen MR) is 121 cm³/mol. The van der Waals surface area contributed by atoms with Gasteiger partial charge in [-0.05, 0) is 54.4 Å². The first-order valence-electron chi connectivity index (χ1n) is 9.22. The van der Waals surface area contributed by atoms with Crippen molar-refractivity contribution in [3.8, 4) is 16.3 Å². The van der Waals surface area contributed by atoms with Crippen LogP contribution in [0.2, 0.25) is 0 Å². The van der Waals surface area contributed by atoms with Crippen molar-refractivity contribution < 1.29 is 14.3 Å². The highest BCUT2D eigenvalue weighted by molar-refractivity contribution is 9.10. The molecule has 0 saturated carbocycles. The summed E-state index contributed by atoms with van der Waals surface area (Å²) in [5, 5.41) is 14.8. The maximum atomic E-state index is 12.8. The molecule has 2 amide bonds. The van der Waals surface area contributed by atoms with Gasteiger partial charge >= 0.3 is 0 Å². The number of rotatable bonds is 7. The van der Waals surface area contributed by atoms with Crippen LogP contribution >= 0.6 is 27.3 Å². The lowest BCUT2D eigenvalue weighted by Crippen LogP contribution is -2.47. The maximum Gasteiger partial charge on any atom is 0.251 e. The van der Waals surface area contributed by atoms with E-state index < -0.39 is 6.04 Å². The predicted octanol–water partition coefficient (Wildman–Crippen LogP) is 4.37. The zero-order chi connectivity index (χ0) is 21.7. The van der Waals surface area contributed by atoms with E-state index >= 15 is 0 Å². The summed E-state index contributed by atoms with van der Waals surface area (Å²) < 4.78 is 6.03. The van der Waals surface area contributed by atoms with Crippen molar-refractivity contribution in [1.29, 1.82) is 0 Å². The molecule has 2 N–H and O–H groups in total. The quantitative estimate of drug-likeness (QED) is 0.514. The van der Waals surface area contributed by atoms with Crippen LogP contribution < -0.4 is 15.4 Å². The Morgan fingerprint density at radius 1 is 1.03 bits per heavy atom. The van der Waals surface area contributed by atoms with Crippen LogP contribution in [0, 0.1) is 5.92 Å². The number of nitrogens with zero attached hydrogens (tertiary/aromatic N) is 2. The van der Waals surface area contributed by atoms with E-state index in [0.717, 1.165) is 15.8 Å². The van der Waals surface area contributed by atoms with Crippen LogP contribution in [0.25, 0.3) is 10.6 Å². The minimum absolute atomic E-state index is 0.113. The second-order valence-electron chi connectivity index (χ2n) is 6.83. The first kappa shape index (κ1) is 21.9. The molecule has 1 unspecified atom stereocenters. The summed E-state index contributed by atoms with van der Waals surface area (Å²) in [5.41, 5.74) is 1.35. The van der Waals surface area contributed by atoms with Gasteiger partial charge in [0.25, 0.3) is 5.91 Å². The SMILES string of the molecule is COc1ccc(-c2nnc(NC(=O)C(NC(=O)c3ccc(Br)cc3)C(C)C)s2)cc1. The molecule has 156 valence electrons. The second-order valence-corrected chi connectivity index (χ2v) is 8.73. The number of carbonyl (C=O) groups is 2. The van der Waals surface area contributed by atoms with Crippen molar-refractivity contribution in [2.75, 3.05) is 12.4 Å². The lowest BCUT2D eigenvalue weighted by Gasteiger charge is -2.21. The average Bonchev–Trinajstić information content (AvgIpc) is 3.20. The average molecular weight is 489 g/mol. The Bertz CT molecular complexity index is 1020. The molecule has 2 aromatic carbocycles. The van der Waals surface area contributed by atoms with Crippen LogP contribution in [0.5, 0.6) is 5.75 Å². The number of nitrogens with one attached hydrogen (secondary N) is 2. The summed E-state index contributed by atoms with van der Waals surface area (Å²) >= 11 is 4.60. The van der Waals surface area contributed by atoms with Crippen molar-refractivity contribution >= 4 is 44.2 Å². The highest BCUT2D eigenvalue weighted by Crippen LogP contribution is 2.28. The fraction of sp³-hybridized carbons (Fsp3) is 0.238. The number of aromatic nitrogens is 2. The fourth-order valence-electron chi connectivity index (χ4n) is 2.67. The van der Waals surface area contributed by atoms with E-state index in [2.05, 4.69) is 36.8 Å². The van der Waals surface area contributed by atoms with E-state index in [1.54, 1.807) is 31.4 Å². The molecule has 0 radical (unpaired) electrons. The first-order chi connectivity index (χ1) is 14.4. The Balaban J connectivity index is 1.68. The number of amides is 2. The maximum absolute atomic E-state index is 12.8. The van der Waals surface area contributed by atoms with Crippen molar-refractivity contribution in [3.63, 3.8) is 0 Å². The molecule has 1 heterocycles. The van der Waals surface area contributed by atoms with Gasteiger partial charge in [-0.3, -0.25) is 14.9 Å². The van der Waals surface area contributed by atoms with Gasteiger partial charge in [0.15, 0.2) is 0 Å². The van der Waals surface area contributed by atoms with Gasteiger partial charge in [-0.25, -0.2) is 0 Å². The normalized spacial score (nSPS) is 11.8. The van der Waals surface area contributed by atoms with Gasteiger partial charge in [0.1, 0.15) is 16.8 Å². The van der Waals surface area contributed by atoms with E-state index in [4.69, 9.17) is 4.74 Å². The Morgan fingerprint density at radius 3 is 2.30 bits per heavy atom. The Morgan fingerprint density at radius 2 is 1.70 bits per heavy atom. The number of halogens is 1. The summed E-state index contributed by atoms with van der Waals surface area (Å²) in [5.74, 6) is -0.0168. The summed E-state index contributed by atoms with van der Waals surface area (Å²) in [6.45, 7) is 3.74. The van der Waals surface area contributed by atoms with Gasteiger partial charge in [0.05, 0.1) is 7.11 Å². The molecule has 0 spiro atoms. The number of benzene rings is 2. The van der Waals surface area contributed by atoms with Crippen molar-refractivity contribution in [2.45, 2.75) is 19.9 Å². The van der Waals surface area contributed by atoms with E-state index in [1.807, 2.05) is 38.1 Å². The molecule has 3 aromatic rings. The summed E-state index contributed by atoms with van der Waals surface area (Å²) in [7, 11) is 1.61. The van der Waals surface area contributed by atoms with Crippen LogP contribution in [0.15, 0.2) is 53.0 Å². The van der Waals surface area contributed by atoms with E-state index in [-0.39, 0.29) is 17.7 Å². The highest BCUT2D eigenvalue weighted by atomic mass is 79.9. The number of hydrogen-bond donors (Lipinski definition) is 2. The van der Waals surface area contributed by atoms with E-state index in [0.29, 0.717) is 15.7 Å². The lowest BCUT2D eigenvalue weighted by molar-refractivity contribution is -0.118. The number of anilines is 1. The third kappa shape index (κ3) is 5.43. The van der Waals surface area contributed by atoms with Gasteiger partial charge < -0.3 is 10.1 Å². The van der Waals surface area contributed by atoms with Gasteiger partial charge in [-0.2, -0.15) is 0 Å². The van der Waals surface area contributed by atoms with Crippen LogP contribution in [0.3, 0.4) is 0 Å². The third-order valence-corrected chi connectivity index (χ3v) is 5.75. The molecule has 0 aliphatic carbocycles. The third-order valence-electron chi connectivity index (χ3n) is 4.33. The summed E-state index contributed by atoms with van der Waals surface area (Å²) in [6, 6.07) is 13.7. The topological polar surface area (TPSA) is 93.2 Å². The molecule has 7 nitrogen and oxygen atoms in total. The second kappa shape index (κ2) is 9.82. The van der Waals surface area contributed by atoms with Crippen molar-refractivity contribution in [1.82, 2.24) is 15.5 Å². The standard InChI is InChI=1S/C21H21BrN4O3S/c1-12(2)17(23-18(27)13-4-8-15(22)9-5-13)19(28)24-21-26-25-20(30-21)14-6-10-16(29-3)11-7-14/h4-12,17H,1-3H3,(H,23,27)(H,24,26,28). The zero-order valence-electron chi connectivity index (χ0n) is 16.7. The van der Waals surface area contributed by atoms with Crippen LogP contribution in [0.1, 0.15) is 24.2 Å². The number of hydrogen-bond acceptors (Lipinski definition) is 6. The zero-order valence-corrected chi connectivity index (χ0v) is 19.1. The number of methoxy groups -OCH3 is 1. The summed E-state index contributed by atoms with van der Waals surface area (Å²) in [6.07, 6.45) is 0. The fourth-order valence-corrected chi connectivity index (χ4v) is 3.68. The molecule has 0 aliphatic rings. The van der Waals surface area contributed by atoms with Gasteiger partial charge in [-0.15, -0.1) is 10.2 Å². The molecule has 1 atom stereocenters. The van der Waals surface area contributed by atoms with Crippen LogP contribution in [-0.4, -0.2) is 35.2 Å². The lowest BCUT2D eigenvalue weighted by atomic mass is 10.0. The number of ether oxygens (including phenoxy) is 1. The Hall–Kier alpha value is -2.78. The minimum atomic E-state index is -0.713. The molecule has 0 aliphatic heterocycles. The summed E-state index contributed by atoms with van der Waals surface area (Å²) in [4.78, 5) is 25.3. The Kier molecular flexibility index (Phi) is 7.17. The largest absolute Gasteiger partial charge is 0.497 e. The van der Waals surface area contributed by atoms with E-state index in [9.17, 15) is 9.59 Å². The molecule has 3 rings (SSSR count). The van der Waals surface area contributed by atoms with Gasteiger partial charge in [0.2, 0.25) is 11.0 Å².